The minimum absolute atomic E-state index is 0.132. The molecule has 3 nitrogen and oxygen atoms in total. The Morgan fingerprint density at radius 2 is 2.15 bits per heavy atom. The van der Waals surface area contributed by atoms with Gasteiger partial charge in [0.2, 0.25) is 0 Å². The summed E-state index contributed by atoms with van der Waals surface area (Å²) in [7, 11) is 0. The lowest BCUT2D eigenvalue weighted by Gasteiger charge is -2.26. The summed E-state index contributed by atoms with van der Waals surface area (Å²) in [6.45, 7) is 8.08. The summed E-state index contributed by atoms with van der Waals surface area (Å²) in [5.41, 5.74) is 0.132. The first-order chi connectivity index (χ1) is 9.46. The number of nitrogens with zero attached hydrogens (tertiary/aromatic N) is 1. The molecule has 1 heterocycles. The molecule has 1 atom stereocenters. The van der Waals surface area contributed by atoms with Crippen LogP contribution in [-0.4, -0.2) is 22.7 Å². The van der Waals surface area contributed by atoms with Crippen LogP contribution < -0.4 is 5.32 Å². The Morgan fingerprint density at radius 1 is 1.45 bits per heavy atom. The molecule has 2 N–H and O–H groups in total. The maximum atomic E-state index is 9.49. The van der Waals surface area contributed by atoms with Crippen molar-refractivity contribution >= 4 is 11.3 Å². The molecule has 0 radical (unpaired) electrons. The zero-order valence-corrected chi connectivity index (χ0v) is 13.8. The standard InChI is InChI=1S/C16H28N2OS/c1-12(19)8-16(2,3)11-17-9-14-10-18-15(20-14)13-6-4-5-7-13/h10,12-13,17,19H,4-9,11H2,1-3H3. The lowest BCUT2D eigenvalue weighted by Crippen LogP contribution is -2.31. The summed E-state index contributed by atoms with van der Waals surface area (Å²) in [6, 6.07) is 0. The smallest absolute Gasteiger partial charge is 0.0959 e. The van der Waals surface area contributed by atoms with E-state index in [4.69, 9.17) is 0 Å². The fraction of sp³-hybridized carbons (Fsp3) is 0.812. The molecule has 0 bridgehead atoms. The van der Waals surface area contributed by atoms with Crippen LogP contribution in [0, 0.1) is 5.41 Å². The molecule has 1 aliphatic carbocycles. The fourth-order valence-electron chi connectivity index (χ4n) is 3.16. The van der Waals surface area contributed by atoms with Gasteiger partial charge in [-0.25, -0.2) is 4.98 Å². The minimum atomic E-state index is -0.232. The average Bonchev–Trinajstić information content (AvgIpc) is 2.96. The van der Waals surface area contributed by atoms with Gasteiger partial charge in [0.1, 0.15) is 0 Å². The van der Waals surface area contributed by atoms with Crippen molar-refractivity contribution < 1.29 is 5.11 Å². The molecule has 4 heteroatoms. The third-order valence-corrected chi connectivity index (χ3v) is 5.19. The third-order valence-electron chi connectivity index (χ3n) is 4.03. The summed E-state index contributed by atoms with van der Waals surface area (Å²) in [6.07, 6.45) is 8.01. The van der Waals surface area contributed by atoms with Crippen molar-refractivity contribution in [3.05, 3.63) is 16.1 Å². The van der Waals surface area contributed by atoms with E-state index in [1.54, 1.807) is 0 Å². The Hall–Kier alpha value is -0.450. The minimum Gasteiger partial charge on any atom is -0.393 e. The highest BCUT2D eigenvalue weighted by Gasteiger charge is 2.21. The maximum Gasteiger partial charge on any atom is 0.0959 e. The van der Waals surface area contributed by atoms with Crippen LogP contribution in [0.15, 0.2) is 6.20 Å². The summed E-state index contributed by atoms with van der Waals surface area (Å²) in [4.78, 5) is 5.93. The number of hydrogen-bond acceptors (Lipinski definition) is 4. The second-order valence-electron chi connectivity index (χ2n) is 6.97. The maximum absolute atomic E-state index is 9.49. The van der Waals surface area contributed by atoms with Gasteiger partial charge >= 0.3 is 0 Å². The van der Waals surface area contributed by atoms with E-state index in [-0.39, 0.29) is 11.5 Å². The van der Waals surface area contributed by atoms with Crippen molar-refractivity contribution in [1.29, 1.82) is 0 Å². The van der Waals surface area contributed by atoms with Crippen LogP contribution in [0.5, 0.6) is 0 Å². The Morgan fingerprint density at radius 3 is 2.80 bits per heavy atom. The zero-order chi connectivity index (χ0) is 14.6. The average molecular weight is 296 g/mol. The SMILES string of the molecule is CC(O)CC(C)(C)CNCc1cnc(C2CCCC2)s1. The van der Waals surface area contributed by atoms with E-state index >= 15 is 0 Å². The molecule has 1 aromatic heterocycles. The lowest BCUT2D eigenvalue weighted by molar-refractivity contribution is 0.128. The quantitative estimate of drug-likeness (QED) is 0.806. The van der Waals surface area contributed by atoms with Gasteiger partial charge in [0.15, 0.2) is 0 Å². The molecule has 1 saturated carbocycles. The number of aliphatic hydroxyl groups is 1. The molecule has 0 amide bonds. The molecule has 114 valence electrons. The van der Waals surface area contributed by atoms with Crippen LogP contribution in [0.1, 0.15) is 68.7 Å². The molecular weight excluding hydrogens is 268 g/mol. The van der Waals surface area contributed by atoms with Gasteiger partial charge in [0, 0.05) is 30.1 Å². The summed E-state index contributed by atoms with van der Waals surface area (Å²) >= 11 is 1.87. The van der Waals surface area contributed by atoms with Gasteiger partial charge in [-0.2, -0.15) is 0 Å². The van der Waals surface area contributed by atoms with Crippen LogP contribution >= 0.6 is 11.3 Å². The van der Waals surface area contributed by atoms with E-state index < -0.39 is 0 Å². The molecule has 1 unspecified atom stereocenters. The van der Waals surface area contributed by atoms with Crippen LogP contribution in [0.25, 0.3) is 0 Å². The normalized spacial score (nSPS) is 18.6. The monoisotopic (exact) mass is 296 g/mol. The van der Waals surface area contributed by atoms with E-state index in [2.05, 4.69) is 24.1 Å². The van der Waals surface area contributed by atoms with Gasteiger partial charge in [-0.05, 0) is 31.6 Å². The highest BCUT2D eigenvalue weighted by atomic mass is 32.1. The van der Waals surface area contributed by atoms with Crippen molar-refractivity contribution in [2.75, 3.05) is 6.54 Å². The Labute approximate surface area is 126 Å². The highest BCUT2D eigenvalue weighted by Crippen LogP contribution is 2.36. The summed E-state index contributed by atoms with van der Waals surface area (Å²) in [5.74, 6) is 0.723. The van der Waals surface area contributed by atoms with Crippen LogP contribution in [0.4, 0.5) is 0 Å². The second-order valence-corrected chi connectivity index (χ2v) is 8.11. The highest BCUT2D eigenvalue weighted by molar-refractivity contribution is 7.11. The molecule has 0 spiro atoms. The van der Waals surface area contributed by atoms with Gasteiger partial charge in [-0.15, -0.1) is 11.3 Å². The Balaban J connectivity index is 1.76. The summed E-state index contributed by atoms with van der Waals surface area (Å²) < 4.78 is 0. The lowest BCUT2D eigenvalue weighted by atomic mass is 9.87. The van der Waals surface area contributed by atoms with Crippen LogP contribution in [-0.2, 0) is 6.54 Å². The second kappa shape index (κ2) is 7.01. The van der Waals surface area contributed by atoms with Gasteiger partial charge in [-0.1, -0.05) is 26.7 Å². The van der Waals surface area contributed by atoms with E-state index in [0.29, 0.717) is 0 Å². The number of aromatic nitrogens is 1. The molecule has 0 aromatic carbocycles. The molecule has 2 rings (SSSR count). The van der Waals surface area contributed by atoms with Crippen molar-refractivity contribution in [2.24, 2.45) is 5.41 Å². The third kappa shape index (κ3) is 4.83. The van der Waals surface area contributed by atoms with E-state index in [1.165, 1.54) is 35.6 Å². The first-order valence-electron chi connectivity index (χ1n) is 7.80. The number of thiazole rings is 1. The molecule has 1 fully saturated rings. The number of rotatable bonds is 7. The summed E-state index contributed by atoms with van der Waals surface area (Å²) in [5, 5.41) is 14.3. The number of aliphatic hydroxyl groups excluding tert-OH is 1. The van der Waals surface area contributed by atoms with Gasteiger partial charge in [0.05, 0.1) is 11.1 Å². The molecule has 1 aliphatic rings. The Kier molecular flexibility index (Phi) is 5.58. The van der Waals surface area contributed by atoms with Gasteiger partial charge in [-0.3, -0.25) is 0 Å². The first kappa shape index (κ1) is 15.9. The topological polar surface area (TPSA) is 45.1 Å². The molecule has 0 aliphatic heterocycles. The largest absolute Gasteiger partial charge is 0.393 e. The molecule has 20 heavy (non-hydrogen) atoms. The Bertz CT molecular complexity index is 408. The molecule has 1 aromatic rings. The van der Waals surface area contributed by atoms with Gasteiger partial charge in [0.25, 0.3) is 0 Å². The molecule has 0 saturated heterocycles. The van der Waals surface area contributed by atoms with Crippen LogP contribution in [0.3, 0.4) is 0 Å². The van der Waals surface area contributed by atoms with E-state index in [0.717, 1.165) is 25.4 Å². The fourth-order valence-corrected chi connectivity index (χ4v) is 4.22. The van der Waals surface area contributed by atoms with Gasteiger partial charge < -0.3 is 10.4 Å². The van der Waals surface area contributed by atoms with Crippen molar-refractivity contribution in [1.82, 2.24) is 10.3 Å². The molecular formula is C16H28N2OS. The predicted molar refractivity (Wildman–Crippen MR) is 85.1 cm³/mol. The van der Waals surface area contributed by atoms with E-state index in [9.17, 15) is 5.11 Å². The predicted octanol–water partition coefficient (Wildman–Crippen LogP) is 3.69. The van der Waals surface area contributed by atoms with Crippen molar-refractivity contribution in [3.8, 4) is 0 Å². The van der Waals surface area contributed by atoms with Crippen molar-refractivity contribution in [2.45, 2.75) is 71.4 Å². The van der Waals surface area contributed by atoms with Crippen molar-refractivity contribution in [3.63, 3.8) is 0 Å². The zero-order valence-electron chi connectivity index (χ0n) is 13.0. The number of nitrogens with one attached hydrogen (secondary N) is 1. The first-order valence-corrected chi connectivity index (χ1v) is 8.61. The number of hydrogen-bond donors (Lipinski definition) is 2. The van der Waals surface area contributed by atoms with E-state index in [1.807, 2.05) is 24.5 Å². The van der Waals surface area contributed by atoms with Crippen LogP contribution in [0.2, 0.25) is 0 Å².